The Labute approximate surface area is 51.0 Å². The van der Waals surface area contributed by atoms with Crippen LogP contribution in [-0.2, 0) is 9.36 Å². The first kappa shape index (κ1) is 11.4. The fourth-order valence-electron chi connectivity index (χ4n) is 0. The standard InChI is InChI=1S/C2H4O2.H3O4P/c1-2(3)4;1-5(2,3)4/h1H3,(H,3,4);(H3,1,2,3,4). The molecule has 0 heterocycles. The summed E-state index contributed by atoms with van der Waals surface area (Å²) in [6.07, 6.45) is 0. The lowest BCUT2D eigenvalue weighted by Crippen LogP contribution is -1.78. The van der Waals surface area contributed by atoms with Gasteiger partial charge in [-0.25, -0.2) is 4.57 Å². The van der Waals surface area contributed by atoms with E-state index in [1.54, 1.807) is 0 Å². The van der Waals surface area contributed by atoms with Gasteiger partial charge in [0.05, 0.1) is 0 Å². The highest BCUT2D eigenvalue weighted by molar-refractivity contribution is 7.45. The van der Waals surface area contributed by atoms with Crippen LogP contribution in [0.3, 0.4) is 0 Å². The van der Waals surface area contributed by atoms with E-state index in [-0.39, 0.29) is 0 Å². The van der Waals surface area contributed by atoms with E-state index in [2.05, 4.69) is 0 Å². The van der Waals surface area contributed by atoms with Crippen molar-refractivity contribution in [3.8, 4) is 0 Å². The van der Waals surface area contributed by atoms with Crippen molar-refractivity contribution in [1.29, 1.82) is 0 Å². The van der Waals surface area contributed by atoms with Gasteiger partial charge in [-0.05, 0) is 0 Å². The molecule has 0 rings (SSSR count). The van der Waals surface area contributed by atoms with Crippen molar-refractivity contribution < 1.29 is 29.1 Å². The average Bonchev–Trinajstić information content (AvgIpc) is 1.19. The molecule has 6 nitrogen and oxygen atoms in total. The highest BCUT2D eigenvalue weighted by atomic mass is 31.2. The van der Waals surface area contributed by atoms with E-state index < -0.39 is 13.8 Å². The smallest absolute Gasteiger partial charge is 0.466 e. The van der Waals surface area contributed by atoms with Gasteiger partial charge in [-0.1, -0.05) is 0 Å². The summed E-state index contributed by atoms with van der Waals surface area (Å²) in [5, 5.41) is 7.42. The van der Waals surface area contributed by atoms with Crippen LogP contribution in [0.2, 0.25) is 0 Å². The first-order chi connectivity index (χ1) is 3.73. The number of hydrogen-bond donors (Lipinski definition) is 4. The highest BCUT2D eigenvalue weighted by Crippen LogP contribution is 2.25. The van der Waals surface area contributed by atoms with Crippen molar-refractivity contribution in [3.05, 3.63) is 0 Å². The summed E-state index contributed by atoms with van der Waals surface area (Å²) in [5.41, 5.74) is 0. The maximum atomic E-state index is 9.00. The van der Waals surface area contributed by atoms with E-state index in [4.69, 9.17) is 29.1 Å². The Morgan fingerprint density at radius 2 is 1.33 bits per heavy atom. The minimum atomic E-state index is -4.64. The van der Waals surface area contributed by atoms with Crippen LogP contribution in [0.1, 0.15) is 6.92 Å². The Kier molecular flexibility index (Phi) is 5.64. The third-order valence-electron chi connectivity index (χ3n) is 0. The van der Waals surface area contributed by atoms with Gasteiger partial charge in [0.1, 0.15) is 0 Å². The van der Waals surface area contributed by atoms with E-state index in [0.29, 0.717) is 0 Å². The van der Waals surface area contributed by atoms with Gasteiger partial charge in [0.15, 0.2) is 0 Å². The Morgan fingerprint density at radius 1 is 1.33 bits per heavy atom. The Balaban J connectivity index is 0. The van der Waals surface area contributed by atoms with Gasteiger partial charge in [-0.2, -0.15) is 0 Å². The largest absolute Gasteiger partial charge is 0.481 e. The summed E-state index contributed by atoms with van der Waals surface area (Å²) in [4.78, 5) is 30.6. The molecule has 0 aromatic carbocycles. The molecule has 0 unspecified atom stereocenters. The average molecular weight is 158 g/mol. The normalized spacial score (nSPS) is 9.33. The summed E-state index contributed by atoms with van der Waals surface area (Å²) in [6, 6.07) is 0. The minimum Gasteiger partial charge on any atom is -0.481 e. The molecule has 0 spiro atoms. The number of carbonyl (C=O) groups is 1. The van der Waals surface area contributed by atoms with Gasteiger partial charge in [0.25, 0.3) is 5.97 Å². The number of carboxylic acids is 1. The lowest BCUT2D eigenvalue weighted by atomic mass is 10.9. The molecule has 0 aromatic rings. The van der Waals surface area contributed by atoms with Gasteiger partial charge >= 0.3 is 7.82 Å². The molecule has 7 heteroatoms. The second-order valence-electron chi connectivity index (χ2n) is 1.03. The van der Waals surface area contributed by atoms with Gasteiger partial charge in [-0.15, -0.1) is 0 Å². The number of rotatable bonds is 0. The van der Waals surface area contributed by atoms with Crippen LogP contribution in [0.5, 0.6) is 0 Å². The van der Waals surface area contributed by atoms with Crippen molar-refractivity contribution in [2.24, 2.45) is 0 Å². The minimum absolute atomic E-state index is 0.833. The molecular formula is C2H7O6P. The molecule has 9 heavy (non-hydrogen) atoms. The molecule has 56 valence electrons. The molecule has 0 saturated carbocycles. The molecule has 0 aliphatic carbocycles. The van der Waals surface area contributed by atoms with Crippen molar-refractivity contribution in [2.75, 3.05) is 0 Å². The molecule has 0 aromatic heterocycles. The SMILES string of the molecule is CC(=O)O.O=P(O)(O)O. The lowest BCUT2D eigenvalue weighted by molar-refractivity contribution is -0.134. The number of phosphoric acid groups is 1. The van der Waals surface area contributed by atoms with Gasteiger partial charge in [0, 0.05) is 6.92 Å². The molecular weight excluding hydrogens is 151 g/mol. The van der Waals surface area contributed by atoms with Crippen LogP contribution >= 0.6 is 7.82 Å². The van der Waals surface area contributed by atoms with Crippen LogP contribution < -0.4 is 0 Å². The zero-order chi connectivity index (χ0) is 8.08. The molecule has 0 saturated heterocycles. The fraction of sp³-hybridized carbons (Fsp3) is 0.500. The predicted octanol–water partition coefficient (Wildman–Crippen LogP) is -0.838. The van der Waals surface area contributed by atoms with Crippen LogP contribution in [0.25, 0.3) is 0 Å². The Hall–Kier alpha value is -0.420. The zero-order valence-corrected chi connectivity index (χ0v) is 5.45. The second-order valence-corrected chi connectivity index (χ2v) is 2.06. The van der Waals surface area contributed by atoms with E-state index >= 15 is 0 Å². The van der Waals surface area contributed by atoms with Crippen LogP contribution in [0.4, 0.5) is 0 Å². The first-order valence-electron chi connectivity index (χ1n) is 1.71. The molecule has 0 aliphatic heterocycles. The highest BCUT2D eigenvalue weighted by Gasteiger charge is 2.00. The summed E-state index contributed by atoms with van der Waals surface area (Å²) < 4.78 is 8.88. The van der Waals surface area contributed by atoms with Crippen LogP contribution in [-0.4, -0.2) is 25.8 Å². The van der Waals surface area contributed by atoms with Crippen LogP contribution in [0.15, 0.2) is 0 Å². The predicted molar refractivity (Wildman–Crippen MR) is 27.6 cm³/mol. The third kappa shape index (κ3) is 1340. The topological polar surface area (TPSA) is 115 Å². The molecule has 4 N–H and O–H groups in total. The maximum absolute atomic E-state index is 9.00. The lowest BCUT2D eigenvalue weighted by Gasteiger charge is -1.82. The maximum Gasteiger partial charge on any atom is 0.466 e. The Morgan fingerprint density at radius 3 is 1.33 bits per heavy atom. The quantitative estimate of drug-likeness (QED) is 0.342. The monoisotopic (exact) mass is 158 g/mol. The Bertz CT molecular complexity index is 111. The van der Waals surface area contributed by atoms with E-state index in [1.165, 1.54) is 0 Å². The van der Waals surface area contributed by atoms with Crippen LogP contribution in [0, 0.1) is 0 Å². The van der Waals surface area contributed by atoms with Crippen molar-refractivity contribution >= 4 is 13.8 Å². The van der Waals surface area contributed by atoms with E-state index in [1.807, 2.05) is 0 Å². The van der Waals surface area contributed by atoms with Crippen molar-refractivity contribution in [2.45, 2.75) is 6.92 Å². The molecule has 0 fully saturated rings. The molecule has 0 bridgehead atoms. The molecule has 0 amide bonds. The summed E-state index contributed by atoms with van der Waals surface area (Å²) in [6.45, 7) is 1.08. The summed E-state index contributed by atoms with van der Waals surface area (Å²) in [5.74, 6) is -0.833. The fourth-order valence-corrected chi connectivity index (χ4v) is 0. The van der Waals surface area contributed by atoms with Gasteiger partial charge in [-0.3, -0.25) is 4.79 Å². The van der Waals surface area contributed by atoms with Gasteiger partial charge in [0.2, 0.25) is 0 Å². The molecule has 0 radical (unpaired) electrons. The third-order valence-corrected chi connectivity index (χ3v) is 0. The first-order valence-corrected chi connectivity index (χ1v) is 3.28. The van der Waals surface area contributed by atoms with E-state index in [9.17, 15) is 0 Å². The van der Waals surface area contributed by atoms with E-state index in [0.717, 1.165) is 6.92 Å². The summed E-state index contributed by atoms with van der Waals surface area (Å²) in [7, 11) is -4.64. The molecule has 0 atom stereocenters. The van der Waals surface area contributed by atoms with Crippen molar-refractivity contribution in [1.82, 2.24) is 0 Å². The summed E-state index contributed by atoms with van der Waals surface area (Å²) >= 11 is 0. The zero-order valence-electron chi connectivity index (χ0n) is 4.55. The number of carboxylic acid groups (broad SMARTS) is 1. The number of aliphatic carboxylic acids is 1. The van der Waals surface area contributed by atoms with Gasteiger partial charge < -0.3 is 19.8 Å². The number of hydrogen-bond acceptors (Lipinski definition) is 2. The molecule has 0 aliphatic rings. The van der Waals surface area contributed by atoms with Crippen molar-refractivity contribution in [3.63, 3.8) is 0 Å². The second kappa shape index (κ2) is 4.46.